The highest BCUT2D eigenvalue weighted by Crippen LogP contribution is 2.15. The number of nitrogens with two attached hydrogens (primary N) is 1. The first-order valence-electron chi connectivity index (χ1n) is 8.72. The monoisotopic (exact) mass is 395 g/mol. The molecule has 3 amide bonds. The van der Waals surface area contributed by atoms with Crippen molar-refractivity contribution in [2.24, 2.45) is 5.73 Å². The average Bonchev–Trinajstić information content (AvgIpc) is 3.18. The van der Waals surface area contributed by atoms with Crippen LogP contribution in [0.5, 0.6) is 0 Å². The van der Waals surface area contributed by atoms with E-state index in [2.05, 4.69) is 16.0 Å². The Kier molecular flexibility index (Phi) is 6.30. The number of likely N-dealkylation sites (tertiary alicyclic amines) is 1. The Hall–Kier alpha value is -2.17. The number of nitrogens with zero attached hydrogens (tertiary/aromatic N) is 1. The maximum Gasteiger partial charge on any atom is 0.254 e. The van der Waals surface area contributed by atoms with Gasteiger partial charge in [0.25, 0.3) is 5.91 Å². The Bertz CT molecular complexity index is 728. The lowest BCUT2D eigenvalue weighted by Crippen LogP contribution is -2.70. The van der Waals surface area contributed by atoms with Crippen LogP contribution in [0.3, 0.4) is 0 Å². The van der Waals surface area contributed by atoms with Gasteiger partial charge in [0.2, 0.25) is 11.8 Å². The SMILES string of the molecule is NC1NC(SCC(=O)N2CCCC2)NC(=O)C1NC(=O)c1ccccc1F. The van der Waals surface area contributed by atoms with Crippen LogP contribution in [0.4, 0.5) is 4.39 Å². The van der Waals surface area contributed by atoms with E-state index >= 15 is 0 Å². The lowest BCUT2D eigenvalue weighted by molar-refractivity contribution is -0.128. The third-order valence-corrected chi connectivity index (χ3v) is 5.50. The highest BCUT2D eigenvalue weighted by molar-refractivity contribution is 8.00. The Morgan fingerprint density at radius 2 is 2.00 bits per heavy atom. The van der Waals surface area contributed by atoms with Gasteiger partial charge in [0.05, 0.1) is 17.5 Å². The summed E-state index contributed by atoms with van der Waals surface area (Å²) in [6.45, 7) is 1.54. The van der Waals surface area contributed by atoms with E-state index in [9.17, 15) is 18.8 Å². The van der Waals surface area contributed by atoms with Crippen molar-refractivity contribution in [3.63, 3.8) is 0 Å². The maximum absolute atomic E-state index is 13.7. The number of carbonyl (C=O) groups is 3. The van der Waals surface area contributed by atoms with Crippen molar-refractivity contribution in [1.29, 1.82) is 0 Å². The van der Waals surface area contributed by atoms with Gasteiger partial charge in [0, 0.05) is 13.1 Å². The van der Waals surface area contributed by atoms with Crippen LogP contribution in [0.15, 0.2) is 24.3 Å². The van der Waals surface area contributed by atoms with Crippen LogP contribution >= 0.6 is 11.8 Å². The van der Waals surface area contributed by atoms with E-state index in [1.165, 1.54) is 30.0 Å². The minimum Gasteiger partial charge on any atom is -0.342 e. The quantitative estimate of drug-likeness (QED) is 0.538. The Morgan fingerprint density at radius 1 is 1.30 bits per heavy atom. The van der Waals surface area contributed by atoms with E-state index in [-0.39, 0.29) is 17.2 Å². The molecule has 8 nitrogen and oxygen atoms in total. The summed E-state index contributed by atoms with van der Waals surface area (Å²) in [6, 6.07) is 4.44. The van der Waals surface area contributed by atoms with E-state index in [4.69, 9.17) is 5.73 Å². The van der Waals surface area contributed by atoms with Crippen LogP contribution in [0.2, 0.25) is 0 Å². The minimum atomic E-state index is -1.05. The van der Waals surface area contributed by atoms with Crippen LogP contribution in [0.25, 0.3) is 0 Å². The smallest absolute Gasteiger partial charge is 0.254 e. The second kappa shape index (κ2) is 8.68. The largest absolute Gasteiger partial charge is 0.342 e. The third-order valence-electron chi connectivity index (χ3n) is 4.50. The molecule has 5 N–H and O–H groups in total. The van der Waals surface area contributed by atoms with Gasteiger partial charge < -0.3 is 21.3 Å². The van der Waals surface area contributed by atoms with E-state index in [0.717, 1.165) is 32.0 Å². The molecule has 2 saturated heterocycles. The molecule has 0 radical (unpaired) electrons. The molecule has 2 aliphatic heterocycles. The Balaban J connectivity index is 1.52. The van der Waals surface area contributed by atoms with E-state index < -0.39 is 35.3 Å². The van der Waals surface area contributed by atoms with Crippen molar-refractivity contribution < 1.29 is 18.8 Å². The molecule has 2 fully saturated rings. The first kappa shape index (κ1) is 19.6. The molecule has 0 aliphatic carbocycles. The second-order valence-electron chi connectivity index (χ2n) is 6.41. The van der Waals surface area contributed by atoms with Gasteiger partial charge in [-0.3, -0.25) is 19.7 Å². The van der Waals surface area contributed by atoms with Gasteiger partial charge in [-0.1, -0.05) is 12.1 Å². The van der Waals surface area contributed by atoms with Crippen LogP contribution < -0.4 is 21.7 Å². The molecule has 0 saturated carbocycles. The number of nitrogens with one attached hydrogen (secondary N) is 3. The zero-order chi connectivity index (χ0) is 19.4. The Labute approximate surface area is 160 Å². The zero-order valence-corrected chi connectivity index (χ0v) is 15.4. The fourth-order valence-corrected chi connectivity index (χ4v) is 3.96. The topological polar surface area (TPSA) is 117 Å². The normalized spacial score (nSPS) is 25.2. The van der Waals surface area contributed by atoms with Crippen LogP contribution in [-0.2, 0) is 9.59 Å². The summed E-state index contributed by atoms with van der Waals surface area (Å²) in [6.07, 6.45) is 1.17. The predicted molar refractivity (Wildman–Crippen MR) is 99.0 cm³/mol. The van der Waals surface area contributed by atoms with Gasteiger partial charge in [-0.2, -0.15) is 0 Å². The van der Waals surface area contributed by atoms with Gasteiger partial charge in [0.1, 0.15) is 17.4 Å². The van der Waals surface area contributed by atoms with Gasteiger partial charge >= 0.3 is 0 Å². The number of benzene rings is 1. The number of rotatable bonds is 5. The lowest BCUT2D eigenvalue weighted by Gasteiger charge is -2.35. The summed E-state index contributed by atoms with van der Waals surface area (Å²) in [5, 5.41) is 8.05. The molecule has 3 unspecified atom stereocenters. The summed E-state index contributed by atoms with van der Waals surface area (Å²) in [5.41, 5.74) is 5.26. The number of thioether (sulfide) groups is 1. The molecule has 27 heavy (non-hydrogen) atoms. The molecule has 0 bridgehead atoms. The highest BCUT2D eigenvalue weighted by atomic mass is 32.2. The van der Waals surface area contributed by atoms with Crippen LogP contribution in [0, 0.1) is 5.82 Å². The summed E-state index contributed by atoms with van der Waals surface area (Å²) in [5.74, 6) is -1.65. The highest BCUT2D eigenvalue weighted by Gasteiger charge is 2.36. The van der Waals surface area contributed by atoms with E-state index in [1.54, 1.807) is 4.90 Å². The summed E-state index contributed by atoms with van der Waals surface area (Å²) < 4.78 is 13.7. The Morgan fingerprint density at radius 3 is 2.67 bits per heavy atom. The summed E-state index contributed by atoms with van der Waals surface area (Å²) in [7, 11) is 0. The van der Waals surface area contributed by atoms with Gasteiger partial charge in [-0.05, 0) is 25.0 Å². The number of amides is 3. The molecule has 2 heterocycles. The minimum absolute atomic E-state index is 0.0251. The molecule has 2 aliphatic rings. The maximum atomic E-state index is 13.7. The van der Waals surface area contributed by atoms with Crippen molar-refractivity contribution in [1.82, 2.24) is 20.9 Å². The van der Waals surface area contributed by atoms with Crippen LogP contribution in [0.1, 0.15) is 23.2 Å². The van der Waals surface area contributed by atoms with Crippen molar-refractivity contribution in [2.75, 3.05) is 18.8 Å². The summed E-state index contributed by atoms with van der Waals surface area (Å²) >= 11 is 1.23. The van der Waals surface area contributed by atoms with E-state index in [0.29, 0.717) is 0 Å². The molecule has 10 heteroatoms. The molecule has 0 aromatic heterocycles. The first-order valence-corrected chi connectivity index (χ1v) is 9.77. The molecule has 1 aromatic rings. The molecular formula is C17H22FN5O3S. The predicted octanol–water partition coefficient (Wildman–Crippen LogP) is -0.432. The lowest BCUT2D eigenvalue weighted by atomic mass is 10.1. The number of carbonyl (C=O) groups excluding carboxylic acids is 3. The molecule has 146 valence electrons. The fraction of sp³-hybridized carbons (Fsp3) is 0.471. The van der Waals surface area contributed by atoms with Crippen molar-refractivity contribution >= 4 is 29.5 Å². The molecule has 1 aromatic carbocycles. The first-order chi connectivity index (χ1) is 13.0. The third kappa shape index (κ3) is 4.76. The number of hydrogen-bond acceptors (Lipinski definition) is 6. The molecule has 3 rings (SSSR count). The standard InChI is InChI=1S/C17H22FN5O3S/c18-11-6-2-1-5-10(11)15(25)20-13-14(19)21-17(22-16(13)26)27-9-12(24)23-7-3-4-8-23/h1-2,5-6,13-14,17,21H,3-4,7-9,19H2,(H,20,25)(H,22,26). The second-order valence-corrected chi connectivity index (χ2v) is 7.50. The number of halogens is 1. The van der Waals surface area contributed by atoms with Crippen molar-refractivity contribution in [3.05, 3.63) is 35.6 Å². The van der Waals surface area contributed by atoms with Crippen molar-refractivity contribution in [2.45, 2.75) is 30.5 Å². The fourth-order valence-electron chi connectivity index (χ4n) is 3.02. The van der Waals surface area contributed by atoms with Gasteiger partial charge in [0.15, 0.2) is 0 Å². The van der Waals surface area contributed by atoms with Crippen molar-refractivity contribution in [3.8, 4) is 0 Å². The molecular weight excluding hydrogens is 373 g/mol. The number of hydrogen-bond donors (Lipinski definition) is 4. The van der Waals surface area contributed by atoms with E-state index in [1.807, 2.05) is 0 Å². The average molecular weight is 395 g/mol. The van der Waals surface area contributed by atoms with Gasteiger partial charge in [-0.15, -0.1) is 11.8 Å². The molecule has 0 spiro atoms. The van der Waals surface area contributed by atoms with Gasteiger partial charge in [-0.25, -0.2) is 4.39 Å². The summed E-state index contributed by atoms with van der Waals surface area (Å²) in [4.78, 5) is 38.4. The zero-order valence-electron chi connectivity index (χ0n) is 14.6. The molecule has 3 atom stereocenters. The van der Waals surface area contributed by atoms with Crippen LogP contribution in [-0.4, -0.2) is 59.2 Å².